The largest absolute Gasteiger partial charge is 0.308 e. The molecule has 1 aliphatic heterocycles. The number of hydrogen-bond acceptors (Lipinski definition) is 2. The highest BCUT2D eigenvalue weighted by Gasteiger charge is 2.42. The van der Waals surface area contributed by atoms with Crippen LogP contribution >= 0.6 is 15.9 Å². The summed E-state index contributed by atoms with van der Waals surface area (Å²) in [5.41, 5.74) is 1.82. The van der Waals surface area contributed by atoms with Gasteiger partial charge in [-0.2, -0.15) is 0 Å². The van der Waals surface area contributed by atoms with Crippen LogP contribution in [0.4, 0.5) is 0 Å². The van der Waals surface area contributed by atoms with Crippen molar-refractivity contribution < 1.29 is 0 Å². The molecule has 2 atom stereocenters. The number of nitrogens with one attached hydrogen (secondary N) is 1. The molecule has 2 nitrogen and oxygen atoms in total. The molecule has 1 aromatic carbocycles. The summed E-state index contributed by atoms with van der Waals surface area (Å²) < 4.78 is 1.19. The van der Waals surface area contributed by atoms with Crippen LogP contribution in [0.3, 0.4) is 0 Å². The van der Waals surface area contributed by atoms with Gasteiger partial charge in [0.1, 0.15) is 0 Å². The van der Waals surface area contributed by atoms with Crippen molar-refractivity contribution in [3.05, 3.63) is 34.3 Å². The fourth-order valence-electron chi connectivity index (χ4n) is 4.16. The number of halogens is 1. The summed E-state index contributed by atoms with van der Waals surface area (Å²) in [4.78, 5) is 2.75. The van der Waals surface area contributed by atoms with Crippen molar-refractivity contribution in [3.63, 3.8) is 0 Å². The van der Waals surface area contributed by atoms with Gasteiger partial charge in [-0.05, 0) is 43.9 Å². The summed E-state index contributed by atoms with van der Waals surface area (Å²) in [6.07, 6.45) is 6.71. The molecule has 21 heavy (non-hydrogen) atoms. The Balaban J connectivity index is 1.82. The first kappa shape index (κ1) is 15.5. The molecule has 0 amide bonds. The maximum absolute atomic E-state index is 3.89. The molecule has 1 N–H and O–H groups in total. The molecule has 3 heteroatoms. The third-order valence-corrected chi connectivity index (χ3v) is 6.02. The van der Waals surface area contributed by atoms with Gasteiger partial charge in [0.05, 0.1) is 0 Å². The predicted octanol–water partition coefficient (Wildman–Crippen LogP) is 4.51. The Bertz CT molecular complexity index is 482. The third kappa shape index (κ3) is 3.20. The van der Waals surface area contributed by atoms with Crippen molar-refractivity contribution in [2.45, 2.75) is 63.6 Å². The Labute approximate surface area is 137 Å². The summed E-state index contributed by atoms with van der Waals surface area (Å²) in [5, 5.41) is 3.89. The van der Waals surface area contributed by atoms with Crippen molar-refractivity contribution in [1.82, 2.24) is 10.2 Å². The topological polar surface area (TPSA) is 15.3 Å². The lowest BCUT2D eigenvalue weighted by Gasteiger charge is -2.49. The minimum absolute atomic E-state index is 0.395. The first-order chi connectivity index (χ1) is 10.1. The lowest BCUT2D eigenvalue weighted by molar-refractivity contribution is 0.0462. The molecule has 0 bridgehead atoms. The van der Waals surface area contributed by atoms with Gasteiger partial charge in [0.25, 0.3) is 0 Å². The molecule has 1 saturated heterocycles. The maximum atomic E-state index is 3.89. The second-order valence-corrected chi connectivity index (χ2v) is 7.75. The molecule has 2 aliphatic rings. The van der Waals surface area contributed by atoms with E-state index in [9.17, 15) is 0 Å². The summed E-state index contributed by atoms with van der Waals surface area (Å²) in [7, 11) is 0. The van der Waals surface area contributed by atoms with Gasteiger partial charge in [-0.25, -0.2) is 0 Å². The molecule has 1 aliphatic carbocycles. The van der Waals surface area contributed by atoms with E-state index in [1.807, 2.05) is 0 Å². The van der Waals surface area contributed by atoms with Gasteiger partial charge in [0.15, 0.2) is 0 Å². The van der Waals surface area contributed by atoms with Gasteiger partial charge in [-0.15, -0.1) is 0 Å². The van der Waals surface area contributed by atoms with E-state index in [0.29, 0.717) is 17.6 Å². The molecular formula is C18H27BrN2. The second kappa shape index (κ2) is 6.39. The van der Waals surface area contributed by atoms with Crippen LogP contribution in [0.15, 0.2) is 28.7 Å². The van der Waals surface area contributed by atoms with Crippen LogP contribution in [0.25, 0.3) is 0 Å². The summed E-state index contributed by atoms with van der Waals surface area (Å²) in [6.45, 7) is 7.05. The van der Waals surface area contributed by atoms with Gasteiger partial charge in [0, 0.05) is 35.2 Å². The van der Waals surface area contributed by atoms with Crippen LogP contribution in [0.1, 0.15) is 57.6 Å². The second-order valence-electron chi connectivity index (χ2n) is 6.83. The van der Waals surface area contributed by atoms with Crippen molar-refractivity contribution in [2.75, 3.05) is 13.1 Å². The molecule has 2 unspecified atom stereocenters. The zero-order valence-electron chi connectivity index (χ0n) is 13.2. The van der Waals surface area contributed by atoms with Crippen molar-refractivity contribution in [3.8, 4) is 0 Å². The standard InChI is InChI=1S/C18H27BrN2/c1-3-17-12-20-18(9-4-5-10-18)13-21(17)14(2)15-7-6-8-16(19)11-15/h6-8,11,14,17,20H,3-5,9-10,12-13H2,1-2H3. The Hall–Kier alpha value is -0.380. The van der Waals surface area contributed by atoms with Gasteiger partial charge in [0.2, 0.25) is 0 Å². The minimum Gasteiger partial charge on any atom is -0.308 e. The maximum Gasteiger partial charge on any atom is 0.0324 e. The summed E-state index contributed by atoms with van der Waals surface area (Å²) in [6, 6.07) is 9.97. The normalized spacial score (nSPS) is 27.1. The van der Waals surface area contributed by atoms with Crippen LogP contribution in [-0.4, -0.2) is 29.6 Å². The third-order valence-electron chi connectivity index (χ3n) is 5.53. The van der Waals surface area contributed by atoms with Crippen molar-refractivity contribution >= 4 is 15.9 Å². The zero-order chi connectivity index (χ0) is 14.9. The lowest BCUT2D eigenvalue weighted by Crippen LogP contribution is -2.63. The van der Waals surface area contributed by atoms with Gasteiger partial charge >= 0.3 is 0 Å². The quantitative estimate of drug-likeness (QED) is 0.862. The van der Waals surface area contributed by atoms with E-state index in [0.717, 1.165) is 6.54 Å². The van der Waals surface area contributed by atoms with Crippen LogP contribution < -0.4 is 5.32 Å². The molecule has 0 radical (unpaired) electrons. The number of rotatable bonds is 3. The van der Waals surface area contributed by atoms with E-state index in [1.165, 1.54) is 48.7 Å². The van der Waals surface area contributed by atoms with E-state index in [4.69, 9.17) is 0 Å². The molecular weight excluding hydrogens is 324 g/mol. The van der Waals surface area contributed by atoms with Crippen LogP contribution in [-0.2, 0) is 0 Å². The molecule has 116 valence electrons. The van der Waals surface area contributed by atoms with E-state index >= 15 is 0 Å². The average molecular weight is 351 g/mol. The van der Waals surface area contributed by atoms with Crippen molar-refractivity contribution in [1.29, 1.82) is 0 Å². The van der Waals surface area contributed by atoms with E-state index < -0.39 is 0 Å². The van der Waals surface area contributed by atoms with Crippen molar-refractivity contribution in [2.24, 2.45) is 0 Å². The molecule has 1 saturated carbocycles. The minimum atomic E-state index is 0.395. The van der Waals surface area contributed by atoms with Crippen LogP contribution in [0, 0.1) is 0 Å². The summed E-state index contributed by atoms with van der Waals surface area (Å²) in [5.74, 6) is 0. The SMILES string of the molecule is CCC1CNC2(CCCC2)CN1C(C)c1cccc(Br)c1. The summed E-state index contributed by atoms with van der Waals surface area (Å²) >= 11 is 3.62. The highest BCUT2D eigenvalue weighted by molar-refractivity contribution is 9.10. The zero-order valence-corrected chi connectivity index (χ0v) is 14.8. The number of hydrogen-bond donors (Lipinski definition) is 1. The Morgan fingerprint density at radius 2 is 2.14 bits per heavy atom. The Morgan fingerprint density at radius 1 is 1.38 bits per heavy atom. The lowest BCUT2D eigenvalue weighted by atomic mass is 9.89. The van der Waals surface area contributed by atoms with Crippen LogP contribution in [0.2, 0.25) is 0 Å². The Morgan fingerprint density at radius 3 is 2.81 bits per heavy atom. The molecule has 1 heterocycles. The number of benzene rings is 1. The molecule has 1 aromatic rings. The highest BCUT2D eigenvalue weighted by atomic mass is 79.9. The first-order valence-corrected chi connectivity index (χ1v) is 9.19. The molecule has 2 fully saturated rings. The van der Waals surface area contributed by atoms with Gasteiger partial charge in [-0.3, -0.25) is 4.90 Å². The fraction of sp³-hybridized carbons (Fsp3) is 0.667. The predicted molar refractivity (Wildman–Crippen MR) is 92.5 cm³/mol. The fourth-order valence-corrected chi connectivity index (χ4v) is 4.58. The van der Waals surface area contributed by atoms with Gasteiger partial charge in [-0.1, -0.05) is 47.8 Å². The Kier molecular flexibility index (Phi) is 4.72. The monoisotopic (exact) mass is 350 g/mol. The van der Waals surface area contributed by atoms with Gasteiger partial charge < -0.3 is 5.32 Å². The molecule has 0 aromatic heterocycles. The van der Waals surface area contributed by atoms with E-state index in [1.54, 1.807) is 0 Å². The highest BCUT2D eigenvalue weighted by Crippen LogP contribution is 2.37. The number of piperazine rings is 1. The first-order valence-electron chi connectivity index (χ1n) is 8.40. The van der Waals surface area contributed by atoms with E-state index in [-0.39, 0.29) is 0 Å². The van der Waals surface area contributed by atoms with Crippen LogP contribution in [0.5, 0.6) is 0 Å². The average Bonchev–Trinajstić information content (AvgIpc) is 2.94. The van der Waals surface area contributed by atoms with E-state index in [2.05, 4.69) is 64.3 Å². The molecule has 1 spiro atoms. The smallest absolute Gasteiger partial charge is 0.0324 e. The number of nitrogens with zero attached hydrogens (tertiary/aromatic N) is 1. The molecule has 3 rings (SSSR count).